The standard InChI is InChI=1S/C15H23FN2O4S/c1-10(9-23(5,20)21)18(3)15(19)17-11(2)12-6-7-14(22-4)13(16)8-12/h6-8,10-11H,9H2,1-5H3,(H,17,19)/t10-,11+/m0/s1. The van der Waals surface area contributed by atoms with Crippen LogP contribution in [0.15, 0.2) is 18.2 Å². The summed E-state index contributed by atoms with van der Waals surface area (Å²) >= 11 is 0. The van der Waals surface area contributed by atoms with Crippen LogP contribution in [0.1, 0.15) is 25.5 Å². The highest BCUT2D eigenvalue weighted by Crippen LogP contribution is 2.21. The minimum Gasteiger partial charge on any atom is -0.494 e. The van der Waals surface area contributed by atoms with Gasteiger partial charge in [-0.3, -0.25) is 0 Å². The Morgan fingerprint density at radius 3 is 2.48 bits per heavy atom. The molecule has 1 aromatic carbocycles. The largest absolute Gasteiger partial charge is 0.494 e. The molecule has 0 radical (unpaired) electrons. The average molecular weight is 346 g/mol. The van der Waals surface area contributed by atoms with Crippen LogP contribution in [-0.4, -0.2) is 51.6 Å². The molecule has 130 valence electrons. The summed E-state index contributed by atoms with van der Waals surface area (Å²) < 4.78 is 41.2. The van der Waals surface area contributed by atoms with Crippen molar-refractivity contribution in [2.75, 3.05) is 26.2 Å². The normalized spacial score (nSPS) is 14.0. The van der Waals surface area contributed by atoms with Gasteiger partial charge in [0.1, 0.15) is 9.84 Å². The Bertz CT molecular complexity index is 663. The maximum atomic E-state index is 13.7. The van der Waals surface area contributed by atoms with E-state index in [0.717, 1.165) is 6.26 Å². The molecule has 0 saturated carbocycles. The average Bonchev–Trinajstić information content (AvgIpc) is 2.44. The number of amides is 2. The smallest absolute Gasteiger partial charge is 0.317 e. The van der Waals surface area contributed by atoms with E-state index in [0.29, 0.717) is 5.56 Å². The van der Waals surface area contributed by atoms with Gasteiger partial charge in [-0.05, 0) is 31.5 Å². The zero-order valence-corrected chi connectivity index (χ0v) is 14.8. The van der Waals surface area contributed by atoms with Crippen LogP contribution in [0.25, 0.3) is 0 Å². The first-order valence-electron chi connectivity index (χ1n) is 7.09. The number of nitrogens with one attached hydrogen (secondary N) is 1. The molecule has 0 saturated heterocycles. The molecule has 0 fully saturated rings. The zero-order chi connectivity index (χ0) is 17.8. The van der Waals surface area contributed by atoms with Gasteiger partial charge in [0, 0.05) is 19.3 Å². The molecule has 2 amide bonds. The lowest BCUT2D eigenvalue weighted by atomic mass is 10.1. The number of carbonyl (C=O) groups excluding carboxylic acids is 1. The van der Waals surface area contributed by atoms with Crippen LogP contribution in [-0.2, 0) is 9.84 Å². The number of nitrogens with zero attached hydrogens (tertiary/aromatic N) is 1. The number of rotatable bonds is 6. The monoisotopic (exact) mass is 346 g/mol. The number of ether oxygens (including phenoxy) is 1. The summed E-state index contributed by atoms with van der Waals surface area (Å²) in [5.41, 5.74) is 0.584. The number of carbonyl (C=O) groups is 1. The quantitative estimate of drug-likeness (QED) is 0.854. The van der Waals surface area contributed by atoms with E-state index < -0.39 is 33.8 Å². The van der Waals surface area contributed by atoms with Crippen molar-refractivity contribution in [2.45, 2.75) is 25.9 Å². The van der Waals surface area contributed by atoms with Gasteiger partial charge in [0.15, 0.2) is 11.6 Å². The van der Waals surface area contributed by atoms with Crippen molar-refractivity contribution in [2.24, 2.45) is 0 Å². The number of urea groups is 1. The lowest BCUT2D eigenvalue weighted by Crippen LogP contribution is -2.45. The Morgan fingerprint density at radius 2 is 2.00 bits per heavy atom. The van der Waals surface area contributed by atoms with Crippen LogP contribution in [0.2, 0.25) is 0 Å². The summed E-state index contributed by atoms with van der Waals surface area (Å²) in [6, 6.07) is 3.12. The molecule has 0 spiro atoms. The molecule has 0 aliphatic heterocycles. The minimum absolute atomic E-state index is 0.123. The van der Waals surface area contributed by atoms with Crippen LogP contribution in [0, 0.1) is 5.82 Å². The fourth-order valence-corrected chi connectivity index (χ4v) is 3.17. The van der Waals surface area contributed by atoms with Gasteiger partial charge in [-0.15, -0.1) is 0 Å². The third-order valence-corrected chi connectivity index (χ3v) is 4.63. The first-order valence-corrected chi connectivity index (χ1v) is 9.15. The Morgan fingerprint density at radius 1 is 1.39 bits per heavy atom. The van der Waals surface area contributed by atoms with Gasteiger partial charge in [0.2, 0.25) is 0 Å². The molecule has 1 rings (SSSR count). The van der Waals surface area contributed by atoms with Gasteiger partial charge in [-0.2, -0.15) is 0 Å². The van der Waals surface area contributed by atoms with Crippen molar-refractivity contribution in [1.29, 1.82) is 0 Å². The number of sulfone groups is 1. The van der Waals surface area contributed by atoms with Gasteiger partial charge < -0.3 is 15.0 Å². The van der Waals surface area contributed by atoms with Crippen LogP contribution in [0.4, 0.5) is 9.18 Å². The SMILES string of the molecule is COc1ccc([C@@H](C)NC(=O)N(C)[C@@H](C)CS(C)(=O)=O)cc1F. The first kappa shape index (κ1) is 19.2. The Labute approximate surface area is 136 Å². The fourth-order valence-electron chi connectivity index (χ4n) is 2.07. The maximum absolute atomic E-state index is 13.7. The predicted octanol–water partition coefficient (Wildman–Crippen LogP) is 1.97. The van der Waals surface area contributed by atoms with E-state index in [1.165, 1.54) is 31.2 Å². The second-order valence-corrected chi connectivity index (χ2v) is 7.80. The Balaban J connectivity index is 2.74. The second kappa shape index (κ2) is 7.63. The van der Waals surface area contributed by atoms with Crippen molar-refractivity contribution in [3.05, 3.63) is 29.6 Å². The van der Waals surface area contributed by atoms with E-state index in [4.69, 9.17) is 4.74 Å². The van der Waals surface area contributed by atoms with Crippen LogP contribution in [0.5, 0.6) is 5.75 Å². The number of hydrogen-bond acceptors (Lipinski definition) is 4. The molecular formula is C15H23FN2O4S. The highest BCUT2D eigenvalue weighted by Gasteiger charge is 2.21. The van der Waals surface area contributed by atoms with Crippen molar-refractivity contribution in [1.82, 2.24) is 10.2 Å². The number of halogens is 1. The van der Waals surface area contributed by atoms with Crippen LogP contribution in [0.3, 0.4) is 0 Å². The third-order valence-electron chi connectivity index (χ3n) is 3.54. The highest BCUT2D eigenvalue weighted by atomic mass is 32.2. The van der Waals surface area contributed by atoms with Crippen molar-refractivity contribution >= 4 is 15.9 Å². The van der Waals surface area contributed by atoms with Crippen LogP contribution < -0.4 is 10.1 Å². The van der Waals surface area contributed by atoms with Gasteiger partial charge in [0.05, 0.1) is 18.9 Å². The molecule has 0 bridgehead atoms. The fraction of sp³-hybridized carbons (Fsp3) is 0.533. The van der Waals surface area contributed by atoms with E-state index in [9.17, 15) is 17.6 Å². The molecule has 0 aliphatic carbocycles. The predicted molar refractivity (Wildman–Crippen MR) is 86.8 cm³/mol. The first-order chi connectivity index (χ1) is 10.5. The Hall–Kier alpha value is -1.83. The van der Waals surface area contributed by atoms with Crippen molar-refractivity contribution in [3.8, 4) is 5.75 Å². The van der Waals surface area contributed by atoms with Gasteiger partial charge in [-0.25, -0.2) is 17.6 Å². The number of hydrogen-bond donors (Lipinski definition) is 1. The number of methoxy groups -OCH3 is 1. The molecule has 1 aromatic rings. The second-order valence-electron chi connectivity index (χ2n) is 5.62. The summed E-state index contributed by atoms with van der Waals surface area (Å²) in [6.45, 7) is 3.37. The summed E-state index contributed by atoms with van der Waals surface area (Å²) in [5.74, 6) is -0.501. The number of benzene rings is 1. The molecule has 1 N–H and O–H groups in total. The topological polar surface area (TPSA) is 75.7 Å². The maximum Gasteiger partial charge on any atom is 0.317 e. The molecule has 0 unspecified atom stereocenters. The summed E-state index contributed by atoms with van der Waals surface area (Å²) in [7, 11) is -0.284. The summed E-state index contributed by atoms with van der Waals surface area (Å²) in [6.07, 6.45) is 1.12. The van der Waals surface area contributed by atoms with Crippen molar-refractivity contribution < 1.29 is 22.3 Å². The minimum atomic E-state index is -3.18. The van der Waals surface area contributed by atoms with E-state index in [1.54, 1.807) is 19.9 Å². The summed E-state index contributed by atoms with van der Waals surface area (Å²) in [5, 5.41) is 2.71. The van der Waals surface area contributed by atoms with Gasteiger partial charge in [0.25, 0.3) is 0 Å². The third kappa shape index (κ3) is 5.70. The van der Waals surface area contributed by atoms with E-state index in [-0.39, 0.29) is 11.5 Å². The molecule has 23 heavy (non-hydrogen) atoms. The van der Waals surface area contributed by atoms with Crippen LogP contribution >= 0.6 is 0 Å². The highest BCUT2D eigenvalue weighted by molar-refractivity contribution is 7.90. The molecule has 0 heterocycles. The molecule has 8 heteroatoms. The zero-order valence-electron chi connectivity index (χ0n) is 14.0. The van der Waals surface area contributed by atoms with Crippen molar-refractivity contribution in [3.63, 3.8) is 0 Å². The van der Waals surface area contributed by atoms with E-state index >= 15 is 0 Å². The lowest BCUT2D eigenvalue weighted by Gasteiger charge is -2.26. The molecule has 0 aromatic heterocycles. The molecular weight excluding hydrogens is 323 g/mol. The molecule has 6 nitrogen and oxygen atoms in total. The molecule has 0 aliphatic rings. The molecule has 2 atom stereocenters. The van der Waals surface area contributed by atoms with E-state index in [1.807, 2.05) is 0 Å². The van der Waals surface area contributed by atoms with E-state index in [2.05, 4.69) is 5.32 Å². The van der Waals surface area contributed by atoms with Gasteiger partial charge >= 0.3 is 6.03 Å². The summed E-state index contributed by atoms with van der Waals surface area (Å²) in [4.78, 5) is 13.5. The van der Waals surface area contributed by atoms with Gasteiger partial charge in [-0.1, -0.05) is 6.07 Å². The lowest BCUT2D eigenvalue weighted by molar-refractivity contribution is 0.195. The Kier molecular flexibility index (Phi) is 6.37.